The molecule has 0 saturated carbocycles. The van der Waals surface area contributed by atoms with Gasteiger partial charge in [0, 0.05) is 0 Å². The molecule has 0 aromatic rings. The van der Waals surface area contributed by atoms with E-state index in [4.69, 9.17) is 4.74 Å². The summed E-state index contributed by atoms with van der Waals surface area (Å²) < 4.78 is 45.7. The number of nitrogens with one attached hydrogen (secondary N) is 1. The monoisotopic (exact) mass is 270 g/mol. The molecular weight excluding hydrogens is 254 g/mol. The molecule has 0 aromatic heterocycles. The number of halogens is 3. The highest BCUT2D eigenvalue weighted by molar-refractivity contribution is 6.59. The van der Waals surface area contributed by atoms with Crippen LogP contribution in [-0.2, 0) is 14.3 Å². The molecule has 106 valence electrons. The molecule has 0 aliphatic heterocycles. The molecule has 0 aromatic carbocycles. The average Bonchev–Trinajstić information content (AvgIpc) is 2.10. The van der Waals surface area contributed by atoms with Crippen molar-refractivity contribution in [3.63, 3.8) is 0 Å². The highest BCUT2D eigenvalue weighted by Crippen LogP contribution is 2.18. The minimum atomic E-state index is -5.23. The van der Waals surface area contributed by atoms with Crippen molar-refractivity contribution in [2.75, 3.05) is 7.11 Å². The van der Waals surface area contributed by atoms with E-state index in [0.717, 1.165) is 7.11 Å². The largest absolute Gasteiger partial charge is 0.480 e. The van der Waals surface area contributed by atoms with Crippen molar-refractivity contribution in [1.82, 2.24) is 5.32 Å². The predicted octanol–water partition coefficient (Wildman–Crippen LogP) is 1.90. The summed E-state index contributed by atoms with van der Waals surface area (Å²) in [5.41, 5.74) is -0.867. The van der Waals surface area contributed by atoms with Crippen LogP contribution in [0.25, 0.3) is 0 Å². The number of methoxy groups -OCH3 is 1. The zero-order valence-electron chi connectivity index (χ0n) is 10.6. The van der Waals surface area contributed by atoms with Crippen LogP contribution in [0.1, 0.15) is 20.8 Å². The smallest absolute Gasteiger partial charge is 0.468 e. The maximum Gasteiger partial charge on any atom is 0.480 e. The second-order valence-electron chi connectivity index (χ2n) is 4.67. The maximum absolute atomic E-state index is 12.3. The lowest BCUT2D eigenvalue weighted by atomic mass is 9.81. The number of ether oxygens (including phenoxy) is 2. The molecule has 0 heterocycles. The molecule has 0 bridgehead atoms. The number of rotatable bonds is 4. The zero-order valence-corrected chi connectivity index (χ0v) is 10.6. The highest BCUT2D eigenvalue weighted by Gasteiger charge is 2.34. The lowest BCUT2D eigenvalue weighted by Gasteiger charge is -2.25. The maximum atomic E-state index is 12.3. The summed E-state index contributed by atoms with van der Waals surface area (Å²) in [7, 11) is 0.940. The van der Waals surface area contributed by atoms with Crippen LogP contribution >= 0.6 is 0 Å². The van der Waals surface area contributed by atoms with E-state index in [-0.39, 0.29) is 0 Å². The van der Waals surface area contributed by atoms with Crippen LogP contribution in [0.2, 0.25) is 6.32 Å². The first kappa shape index (κ1) is 16.6. The summed E-state index contributed by atoms with van der Waals surface area (Å²) in [6.45, 7) is -0.583. The van der Waals surface area contributed by atoms with Crippen molar-refractivity contribution in [2.45, 2.75) is 38.7 Å². The SMILES string of the molecule is COC(=O)C(C[B-](F)(F)F)NC(=O)OC(C)(C)C. The molecule has 0 fully saturated rings. The van der Waals surface area contributed by atoms with Crippen LogP contribution in [-0.4, -0.2) is 37.8 Å². The standard InChI is InChI=1S/C9H16BF3NO4/c1-9(2,3)18-8(16)14-6(7(15)17-4)5-10(11,12)13/h6H,5H2,1-4H3,(H,14,16)/q-1. The van der Waals surface area contributed by atoms with Crippen LogP contribution in [0.5, 0.6) is 0 Å². The molecule has 0 rings (SSSR count). The fraction of sp³-hybridized carbons (Fsp3) is 0.778. The quantitative estimate of drug-likeness (QED) is 0.626. The van der Waals surface area contributed by atoms with Gasteiger partial charge < -0.3 is 27.7 Å². The minimum Gasteiger partial charge on any atom is -0.468 e. The van der Waals surface area contributed by atoms with Gasteiger partial charge in [0.15, 0.2) is 0 Å². The molecule has 1 N–H and O–H groups in total. The van der Waals surface area contributed by atoms with Crippen molar-refractivity contribution in [2.24, 2.45) is 0 Å². The van der Waals surface area contributed by atoms with Crippen LogP contribution < -0.4 is 5.32 Å². The lowest BCUT2D eigenvalue weighted by molar-refractivity contribution is -0.142. The highest BCUT2D eigenvalue weighted by atomic mass is 19.4. The summed E-state index contributed by atoms with van der Waals surface area (Å²) in [6, 6.07) is -1.79. The van der Waals surface area contributed by atoms with E-state index in [9.17, 15) is 22.5 Å². The van der Waals surface area contributed by atoms with Crippen molar-refractivity contribution in [3.05, 3.63) is 0 Å². The van der Waals surface area contributed by atoms with E-state index >= 15 is 0 Å². The van der Waals surface area contributed by atoms with Gasteiger partial charge in [-0.05, 0) is 20.8 Å². The normalized spacial score (nSPS) is 13.7. The van der Waals surface area contributed by atoms with Gasteiger partial charge in [0.05, 0.1) is 7.11 Å². The Bertz CT molecular complexity index is 314. The number of carbonyl (C=O) groups is 2. The topological polar surface area (TPSA) is 64.6 Å². The molecule has 0 radical (unpaired) electrons. The first-order chi connectivity index (χ1) is 7.94. The molecule has 9 heteroatoms. The number of hydrogen-bond acceptors (Lipinski definition) is 4. The molecule has 0 aliphatic carbocycles. The van der Waals surface area contributed by atoms with E-state index in [1.54, 1.807) is 20.8 Å². The van der Waals surface area contributed by atoms with Gasteiger partial charge in [-0.2, -0.15) is 0 Å². The molecule has 0 aliphatic rings. The third-order valence-electron chi connectivity index (χ3n) is 1.68. The number of hydrogen-bond donors (Lipinski definition) is 1. The third-order valence-corrected chi connectivity index (χ3v) is 1.68. The lowest BCUT2D eigenvalue weighted by Crippen LogP contribution is -2.46. The van der Waals surface area contributed by atoms with E-state index in [2.05, 4.69) is 4.74 Å². The third kappa shape index (κ3) is 7.80. The first-order valence-electron chi connectivity index (χ1n) is 5.23. The fourth-order valence-corrected chi connectivity index (χ4v) is 1.07. The van der Waals surface area contributed by atoms with Crippen LogP contribution in [0.3, 0.4) is 0 Å². The Labute approximate surface area is 103 Å². The Hall–Kier alpha value is -1.41. The first-order valence-corrected chi connectivity index (χ1v) is 5.23. The van der Waals surface area contributed by atoms with Gasteiger partial charge in [-0.15, -0.1) is 0 Å². The molecule has 1 unspecified atom stereocenters. The van der Waals surface area contributed by atoms with Gasteiger partial charge in [-0.3, -0.25) is 0 Å². The summed E-state index contributed by atoms with van der Waals surface area (Å²) in [6.07, 6.45) is -2.55. The molecule has 1 atom stereocenters. The van der Waals surface area contributed by atoms with E-state index in [0.29, 0.717) is 0 Å². The van der Waals surface area contributed by atoms with Crippen molar-refractivity contribution < 1.29 is 32.0 Å². The Balaban J connectivity index is 4.61. The number of alkyl carbamates (subject to hydrolysis) is 1. The summed E-state index contributed by atoms with van der Waals surface area (Å²) in [4.78, 5) is 22.4. The molecule has 0 spiro atoms. The van der Waals surface area contributed by atoms with Gasteiger partial charge in [-0.25, -0.2) is 9.59 Å². The van der Waals surface area contributed by atoms with E-state index in [1.807, 2.05) is 5.32 Å². The van der Waals surface area contributed by atoms with Gasteiger partial charge in [0.2, 0.25) is 0 Å². The summed E-state index contributed by atoms with van der Waals surface area (Å²) >= 11 is 0. The number of amides is 1. The van der Waals surface area contributed by atoms with Gasteiger partial charge >= 0.3 is 19.0 Å². The van der Waals surface area contributed by atoms with E-state index < -0.39 is 37.0 Å². The molecule has 18 heavy (non-hydrogen) atoms. The van der Waals surface area contributed by atoms with Crippen LogP contribution in [0.15, 0.2) is 0 Å². The summed E-state index contributed by atoms with van der Waals surface area (Å²) in [5, 5.41) is 1.84. The molecule has 5 nitrogen and oxygen atoms in total. The van der Waals surface area contributed by atoms with Crippen LogP contribution in [0, 0.1) is 0 Å². The fourth-order valence-electron chi connectivity index (χ4n) is 1.07. The van der Waals surface area contributed by atoms with Gasteiger partial charge in [-0.1, -0.05) is 6.32 Å². The Kier molecular flexibility index (Phi) is 5.50. The zero-order chi connectivity index (χ0) is 14.6. The van der Waals surface area contributed by atoms with Crippen molar-refractivity contribution >= 4 is 19.0 Å². The van der Waals surface area contributed by atoms with E-state index in [1.165, 1.54) is 0 Å². The Morgan fingerprint density at radius 1 is 1.28 bits per heavy atom. The predicted molar refractivity (Wildman–Crippen MR) is 59.1 cm³/mol. The Morgan fingerprint density at radius 2 is 1.78 bits per heavy atom. The second-order valence-corrected chi connectivity index (χ2v) is 4.67. The van der Waals surface area contributed by atoms with Crippen LogP contribution in [0.4, 0.5) is 17.7 Å². The van der Waals surface area contributed by atoms with Crippen molar-refractivity contribution in [3.8, 4) is 0 Å². The summed E-state index contributed by atoms with van der Waals surface area (Å²) in [5.74, 6) is -1.17. The molecule has 0 saturated heterocycles. The second kappa shape index (κ2) is 5.97. The van der Waals surface area contributed by atoms with Crippen molar-refractivity contribution in [1.29, 1.82) is 0 Å². The number of esters is 1. The molecular formula is C9H16BF3NO4-. The average molecular weight is 270 g/mol. The molecule has 1 amide bonds. The Morgan fingerprint density at radius 3 is 2.11 bits per heavy atom. The number of carbonyl (C=O) groups excluding carboxylic acids is 2. The minimum absolute atomic E-state index is 0.867. The van der Waals surface area contributed by atoms with Gasteiger partial charge in [0.1, 0.15) is 11.6 Å². The van der Waals surface area contributed by atoms with Gasteiger partial charge in [0.25, 0.3) is 0 Å².